The summed E-state index contributed by atoms with van der Waals surface area (Å²) < 4.78 is 7.15. The molecule has 2 amide bonds. The molecule has 0 aliphatic carbocycles. The van der Waals surface area contributed by atoms with Gasteiger partial charge < -0.3 is 19.1 Å². The number of hydrogen-bond acceptors (Lipinski definition) is 4. The number of amides is 2. The zero-order valence-electron chi connectivity index (χ0n) is 14.5. The van der Waals surface area contributed by atoms with E-state index in [1.807, 2.05) is 34.8 Å². The molecule has 2 aliphatic rings. The average molecular weight is 334 g/mol. The molecule has 0 radical (unpaired) electrons. The molecule has 3 rings (SSSR count). The lowest BCUT2D eigenvalue weighted by Crippen LogP contribution is -2.62. The van der Waals surface area contributed by atoms with Crippen molar-refractivity contribution >= 4 is 11.8 Å². The van der Waals surface area contributed by atoms with Crippen molar-refractivity contribution in [1.82, 2.24) is 19.3 Å². The van der Waals surface area contributed by atoms with Crippen LogP contribution in [-0.4, -0.2) is 89.6 Å². The van der Waals surface area contributed by atoms with Crippen LogP contribution in [0.5, 0.6) is 0 Å². The van der Waals surface area contributed by atoms with Crippen LogP contribution in [-0.2, 0) is 16.6 Å². The molecular weight excluding hydrogens is 308 g/mol. The fraction of sp³-hybridized carbons (Fsp3) is 0.647. The highest BCUT2D eigenvalue weighted by Crippen LogP contribution is 2.17. The van der Waals surface area contributed by atoms with Crippen LogP contribution >= 0.6 is 0 Å². The Bertz CT molecular complexity index is 594. The Labute approximate surface area is 142 Å². The van der Waals surface area contributed by atoms with E-state index in [2.05, 4.69) is 11.8 Å². The summed E-state index contributed by atoms with van der Waals surface area (Å²) in [6, 6.07) is 3.25. The molecule has 24 heavy (non-hydrogen) atoms. The van der Waals surface area contributed by atoms with Crippen LogP contribution < -0.4 is 0 Å². The summed E-state index contributed by atoms with van der Waals surface area (Å²) in [6.45, 7) is 7.32. The number of aryl methyl sites for hydroxylation is 1. The van der Waals surface area contributed by atoms with Crippen LogP contribution in [0.2, 0.25) is 0 Å². The number of likely N-dealkylation sites (N-methyl/N-ethyl adjacent to an activating group) is 1. The average Bonchev–Trinajstić information content (AvgIpc) is 3.06. The SMILES string of the molecule is CCN1CCN(C(=O)c2cccn2C)C(C(=O)N2CCOCC2)C1. The summed E-state index contributed by atoms with van der Waals surface area (Å²) in [4.78, 5) is 31.8. The van der Waals surface area contributed by atoms with Gasteiger partial charge in [-0.3, -0.25) is 14.5 Å². The van der Waals surface area contributed by atoms with E-state index in [4.69, 9.17) is 4.74 Å². The molecule has 0 bridgehead atoms. The van der Waals surface area contributed by atoms with Gasteiger partial charge >= 0.3 is 0 Å². The fourth-order valence-electron chi connectivity index (χ4n) is 3.41. The molecule has 7 nitrogen and oxygen atoms in total. The van der Waals surface area contributed by atoms with E-state index in [9.17, 15) is 9.59 Å². The maximum atomic E-state index is 13.0. The van der Waals surface area contributed by atoms with Gasteiger partial charge in [0.1, 0.15) is 11.7 Å². The Kier molecular flexibility index (Phi) is 5.20. The van der Waals surface area contributed by atoms with Gasteiger partial charge in [0.2, 0.25) is 5.91 Å². The number of hydrogen-bond donors (Lipinski definition) is 0. The molecule has 2 saturated heterocycles. The van der Waals surface area contributed by atoms with Crippen molar-refractivity contribution in [3.63, 3.8) is 0 Å². The smallest absolute Gasteiger partial charge is 0.271 e. The standard InChI is InChI=1S/C17H26N4O3/c1-3-19-7-8-21(17(23)14-5-4-6-18(14)2)15(13-19)16(22)20-9-11-24-12-10-20/h4-6,15H,3,7-13H2,1-2H3. The molecule has 0 saturated carbocycles. The minimum absolute atomic E-state index is 0.0407. The van der Waals surface area contributed by atoms with Gasteiger partial charge in [0.15, 0.2) is 0 Å². The number of carbonyl (C=O) groups excluding carboxylic acids is 2. The van der Waals surface area contributed by atoms with Gasteiger partial charge in [0.05, 0.1) is 13.2 Å². The molecule has 0 spiro atoms. The van der Waals surface area contributed by atoms with Crippen molar-refractivity contribution < 1.29 is 14.3 Å². The summed E-state index contributed by atoms with van der Waals surface area (Å²) in [5.41, 5.74) is 0.625. The highest BCUT2D eigenvalue weighted by atomic mass is 16.5. The summed E-state index contributed by atoms with van der Waals surface area (Å²) in [6.07, 6.45) is 1.86. The van der Waals surface area contributed by atoms with E-state index in [1.165, 1.54) is 0 Å². The third-order valence-electron chi connectivity index (χ3n) is 4.94. The lowest BCUT2D eigenvalue weighted by Gasteiger charge is -2.42. The first-order valence-electron chi connectivity index (χ1n) is 8.63. The van der Waals surface area contributed by atoms with Crippen molar-refractivity contribution in [2.75, 3.05) is 52.5 Å². The van der Waals surface area contributed by atoms with Crippen molar-refractivity contribution in [3.8, 4) is 0 Å². The molecule has 0 aromatic carbocycles. The van der Waals surface area contributed by atoms with Crippen molar-refractivity contribution in [2.24, 2.45) is 7.05 Å². The van der Waals surface area contributed by atoms with Crippen molar-refractivity contribution in [2.45, 2.75) is 13.0 Å². The van der Waals surface area contributed by atoms with Gasteiger partial charge in [-0.25, -0.2) is 0 Å². The lowest BCUT2D eigenvalue weighted by molar-refractivity contribution is -0.142. The number of carbonyl (C=O) groups is 2. The van der Waals surface area contributed by atoms with Gasteiger partial charge in [0.25, 0.3) is 5.91 Å². The Hall–Kier alpha value is -1.86. The molecule has 1 aromatic rings. The van der Waals surface area contributed by atoms with Crippen LogP contribution in [0.1, 0.15) is 17.4 Å². The molecule has 2 aliphatic heterocycles. The molecule has 1 unspecified atom stereocenters. The van der Waals surface area contributed by atoms with E-state index in [1.54, 1.807) is 4.90 Å². The predicted octanol–water partition coefficient (Wildman–Crippen LogP) is 0.0302. The monoisotopic (exact) mass is 334 g/mol. The van der Waals surface area contributed by atoms with Crippen LogP contribution in [0, 0.1) is 0 Å². The third kappa shape index (κ3) is 3.32. The van der Waals surface area contributed by atoms with E-state index < -0.39 is 6.04 Å². The van der Waals surface area contributed by atoms with Crippen LogP contribution in [0.3, 0.4) is 0 Å². The first kappa shape index (κ1) is 17.0. The van der Waals surface area contributed by atoms with Gasteiger partial charge in [0, 0.05) is 46.0 Å². The van der Waals surface area contributed by atoms with Gasteiger partial charge in [-0.15, -0.1) is 0 Å². The second kappa shape index (κ2) is 7.36. The van der Waals surface area contributed by atoms with Crippen LogP contribution in [0.25, 0.3) is 0 Å². The van der Waals surface area contributed by atoms with Gasteiger partial charge in [-0.05, 0) is 18.7 Å². The zero-order chi connectivity index (χ0) is 17.1. The minimum Gasteiger partial charge on any atom is -0.378 e. The predicted molar refractivity (Wildman–Crippen MR) is 89.8 cm³/mol. The van der Waals surface area contributed by atoms with Crippen molar-refractivity contribution in [1.29, 1.82) is 0 Å². The number of ether oxygens (including phenoxy) is 1. The van der Waals surface area contributed by atoms with Crippen molar-refractivity contribution in [3.05, 3.63) is 24.0 Å². The first-order valence-corrected chi connectivity index (χ1v) is 8.63. The summed E-state index contributed by atoms with van der Waals surface area (Å²) in [5, 5.41) is 0. The number of morpholine rings is 1. The second-order valence-corrected chi connectivity index (χ2v) is 6.35. The number of aromatic nitrogens is 1. The van der Waals surface area contributed by atoms with E-state index in [0.717, 1.165) is 13.1 Å². The zero-order valence-corrected chi connectivity index (χ0v) is 14.5. The van der Waals surface area contributed by atoms with Crippen LogP contribution in [0.15, 0.2) is 18.3 Å². The largest absolute Gasteiger partial charge is 0.378 e. The van der Waals surface area contributed by atoms with Crippen LogP contribution in [0.4, 0.5) is 0 Å². The summed E-state index contributed by atoms with van der Waals surface area (Å²) >= 11 is 0. The molecule has 7 heteroatoms. The third-order valence-corrected chi connectivity index (χ3v) is 4.94. The Morgan fingerprint density at radius 1 is 1.21 bits per heavy atom. The summed E-state index contributed by atoms with van der Waals surface area (Å²) in [5.74, 6) is -0.0242. The fourth-order valence-corrected chi connectivity index (χ4v) is 3.41. The number of piperazine rings is 1. The Morgan fingerprint density at radius 3 is 2.58 bits per heavy atom. The lowest BCUT2D eigenvalue weighted by atomic mass is 10.1. The molecule has 0 N–H and O–H groups in total. The quantitative estimate of drug-likeness (QED) is 0.783. The van der Waals surface area contributed by atoms with Gasteiger partial charge in [-0.1, -0.05) is 6.92 Å². The maximum absolute atomic E-state index is 13.0. The minimum atomic E-state index is -0.417. The molecular formula is C17H26N4O3. The highest BCUT2D eigenvalue weighted by Gasteiger charge is 2.38. The second-order valence-electron chi connectivity index (χ2n) is 6.35. The maximum Gasteiger partial charge on any atom is 0.271 e. The van der Waals surface area contributed by atoms with E-state index in [0.29, 0.717) is 45.1 Å². The van der Waals surface area contributed by atoms with E-state index in [-0.39, 0.29) is 11.8 Å². The Morgan fingerprint density at radius 2 is 1.96 bits per heavy atom. The number of nitrogens with zero attached hydrogens (tertiary/aromatic N) is 4. The van der Waals surface area contributed by atoms with Gasteiger partial charge in [-0.2, -0.15) is 0 Å². The molecule has 2 fully saturated rings. The summed E-state index contributed by atoms with van der Waals surface area (Å²) in [7, 11) is 1.86. The topological polar surface area (TPSA) is 58.0 Å². The van der Waals surface area contributed by atoms with E-state index >= 15 is 0 Å². The molecule has 1 aromatic heterocycles. The first-order chi connectivity index (χ1) is 11.6. The highest BCUT2D eigenvalue weighted by molar-refractivity contribution is 5.96. The Balaban J connectivity index is 1.81. The normalized spacial score (nSPS) is 22.7. The molecule has 1 atom stereocenters. The molecule has 3 heterocycles. The molecule has 132 valence electrons. The number of rotatable bonds is 3.